The average Bonchev–Trinajstić information content (AvgIpc) is 2.54. The number of nitrogens with zero attached hydrogens (tertiary/aromatic N) is 1. The second-order valence-corrected chi connectivity index (χ2v) is 8.17. The van der Waals surface area contributed by atoms with E-state index in [4.69, 9.17) is 11.6 Å². The maximum Gasteiger partial charge on any atom is 0.243 e. The van der Waals surface area contributed by atoms with Crippen LogP contribution in [-0.2, 0) is 16.6 Å². The van der Waals surface area contributed by atoms with Crippen molar-refractivity contribution in [2.24, 2.45) is 0 Å². The van der Waals surface area contributed by atoms with Crippen molar-refractivity contribution in [2.45, 2.75) is 24.3 Å². The van der Waals surface area contributed by atoms with Gasteiger partial charge in [-0.25, -0.2) is 8.42 Å². The highest BCUT2D eigenvalue weighted by Gasteiger charge is 2.32. The predicted molar refractivity (Wildman–Crippen MR) is 93.2 cm³/mol. The Hall–Kier alpha value is -1.62. The van der Waals surface area contributed by atoms with Crippen molar-refractivity contribution in [3.8, 4) is 0 Å². The Labute approximate surface area is 142 Å². The number of hydrogen-bond acceptors (Lipinski definition) is 2. The molecule has 0 amide bonds. The lowest BCUT2D eigenvalue weighted by Gasteiger charge is -2.32. The van der Waals surface area contributed by atoms with E-state index in [1.54, 1.807) is 24.3 Å². The van der Waals surface area contributed by atoms with Crippen LogP contribution < -0.4 is 0 Å². The zero-order valence-electron chi connectivity index (χ0n) is 12.9. The SMILES string of the molecule is C=CC1CN(S(=O)(=O)c2ccc(C)cc2)Cc2ccc(Cl)cc21. The third kappa shape index (κ3) is 3.07. The Morgan fingerprint density at radius 2 is 1.91 bits per heavy atom. The van der Waals surface area contributed by atoms with E-state index in [0.717, 1.165) is 16.7 Å². The van der Waals surface area contributed by atoms with Gasteiger partial charge in [0.15, 0.2) is 0 Å². The van der Waals surface area contributed by atoms with Gasteiger partial charge in [0.1, 0.15) is 0 Å². The molecule has 2 aromatic rings. The number of hydrogen-bond donors (Lipinski definition) is 0. The lowest BCUT2D eigenvalue weighted by atomic mass is 9.91. The van der Waals surface area contributed by atoms with Crippen LogP contribution in [0.1, 0.15) is 22.6 Å². The first kappa shape index (κ1) is 16.2. The van der Waals surface area contributed by atoms with Crippen molar-refractivity contribution in [1.82, 2.24) is 4.31 Å². The molecule has 1 aliphatic rings. The topological polar surface area (TPSA) is 37.4 Å². The zero-order chi connectivity index (χ0) is 16.6. The van der Waals surface area contributed by atoms with E-state index in [2.05, 4.69) is 6.58 Å². The van der Waals surface area contributed by atoms with Crippen molar-refractivity contribution >= 4 is 21.6 Å². The van der Waals surface area contributed by atoms with E-state index in [-0.39, 0.29) is 5.92 Å². The molecule has 0 fully saturated rings. The Morgan fingerprint density at radius 3 is 2.57 bits per heavy atom. The third-order valence-electron chi connectivity index (χ3n) is 4.20. The lowest BCUT2D eigenvalue weighted by molar-refractivity contribution is 0.375. The molecule has 1 atom stereocenters. The Morgan fingerprint density at radius 1 is 1.22 bits per heavy atom. The first-order valence-corrected chi connectivity index (χ1v) is 9.21. The fraction of sp³-hybridized carbons (Fsp3) is 0.222. The molecule has 0 spiro atoms. The van der Waals surface area contributed by atoms with Crippen LogP contribution in [0.15, 0.2) is 60.0 Å². The van der Waals surface area contributed by atoms with Crippen molar-refractivity contribution < 1.29 is 8.42 Å². The third-order valence-corrected chi connectivity index (χ3v) is 6.26. The van der Waals surface area contributed by atoms with Gasteiger partial charge in [-0.05, 0) is 42.3 Å². The standard InChI is InChI=1S/C18H18ClNO2S/c1-3-14-11-20(12-15-6-7-16(19)10-18(14)15)23(21,22)17-8-4-13(2)5-9-17/h3-10,14H,1,11-12H2,2H3. The number of sulfonamides is 1. The molecule has 3 nitrogen and oxygen atoms in total. The van der Waals surface area contributed by atoms with Gasteiger partial charge in [-0.2, -0.15) is 4.31 Å². The van der Waals surface area contributed by atoms with Crippen LogP contribution in [0.25, 0.3) is 0 Å². The summed E-state index contributed by atoms with van der Waals surface area (Å²) in [6, 6.07) is 12.5. The predicted octanol–water partition coefficient (Wildman–Crippen LogP) is 4.12. The normalized spacial score (nSPS) is 18.4. The summed E-state index contributed by atoms with van der Waals surface area (Å²) in [7, 11) is -3.52. The number of halogens is 1. The number of aryl methyl sites for hydroxylation is 1. The summed E-state index contributed by atoms with van der Waals surface area (Å²) in [4.78, 5) is 0.323. The number of benzene rings is 2. The summed E-state index contributed by atoms with van der Waals surface area (Å²) in [6.07, 6.45) is 1.78. The van der Waals surface area contributed by atoms with Crippen molar-refractivity contribution in [3.05, 3.63) is 76.8 Å². The van der Waals surface area contributed by atoms with Crippen LogP contribution >= 0.6 is 11.6 Å². The summed E-state index contributed by atoms with van der Waals surface area (Å²) in [5.74, 6) is -0.0577. The molecule has 120 valence electrons. The van der Waals surface area contributed by atoms with E-state index in [9.17, 15) is 8.42 Å². The summed E-state index contributed by atoms with van der Waals surface area (Å²) in [5, 5.41) is 0.658. The molecule has 0 radical (unpaired) electrons. The summed E-state index contributed by atoms with van der Waals surface area (Å²) in [6.45, 7) is 6.52. The Kier molecular flexibility index (Phi) is 4.32. The van der Waals surface area contributed by atoms with E-state index in [1.165, 1.54) is 4.31 Å². The molecule has 1 heterocycles. The second kappa shape index (κ2) is 6.11. The van der Waals surface area contributed by atoms with Gasteiger partial charge >= 0.3 is 0 Å². The van der Waals surface area contributed by atoms with Gasteiger partial charge in [0, 0.05) is 24.0 Å². The van der Waals surface area contributed by atoms with Crippen LogP contribution in [-0.4, -0.2) is 19.3 Å². The number of rotatable bonds is 3. The largest absolute Gasteiger partial charge is 0.243 e. The van der Waals surface area contributed by atoms with Gasteiger partial charge in [-0.15, -0.1) is 6.58 Å². The molecule has 2 aromatic carbocycles. The molecule has 1 aliphatic heterocycles. The van der Waals surface area contributed by atoms with Gasteiger partial charge < -0.3 is 0 Å². The molecule has 0 saturated carbocycles. The highest BCUT2D eigenvalue weighted by atomic mass is 35.5. The molecular formula is C18H18ClNO2S. The van der Waals surface area contributed by atoms with Crippen molar-refractivity contribution in [2.75, 3.05) is 6.54 Å². The Balaban J connectivity index is 2.00. The van der Waals surface area contributed by atoms with E-state index in [0.29, 0.717) is 23.0 Å². The molecule has 0 aliphatic carbocycles. The molecule has 5 heteroatoms. The molecule has 3 rings (SSSR count). The summed E-state index contributed by atoms with van der Waals surface area (Å²) in [5.41, 5.74) is 3.07. The fourth-order valence-corrected chi connectivity index (χ4v) is 4.50. The minimum atomic E-state index is -3.52. The van der Waals surface area contributed by atoms with Crippen molar-refractivity contribution in [3.63, 3.8) is 0 Å². The van der Waals surface area contributed by atoms with Gasteiger partial charge in [0.05, 0.1) is 4.90 Å². The number of fused-ring (bicyclic) bond motifs is 1. The van der Waals surface area contributed by atoms with Crippen LogP contribution in [0.2, 0.25) is 5.02 Å². The first-order valence-electron chi connectivity index (χ1n) is 7.39. The van der Waals surface area contributed by atoms with Gasteiger partial charge in [-0.1, -0.05) is 41.4 Å². The quantitative estimate of drug-likeness (QED) is 0.783. The minimum absolute atomic E-state index is 0.0577. The Bertz CT molecular complexity index is 844. The summed E-state index contributed by atoms with van der Waals surface area (Å²) >= 11 is 6.07. The highest BCUT2D eigenvalue weighted by molar-refractivity contribution is 7.89. The average molecular weight is 348 g/mol. The summed E-state index contributed by atoms with van der Waals surface area (Å²) < 4.78 is 27.3. The molecule has 0 N–H and O–H groups in total. The van der Waals surface area contributed by atoms with E-state index in [1.807, 2.05) is 31.2 Å². The van der Waals surface area contributed by atoms with Crippen molar-refractivity contribution in [1.29, 1.82) is 0 Å². The molecule has 0 bridgehead atoms. The zero-order valence-corrected chi connectivity index (χ0v) is 14.4. The molecule has 1 unspecified atom stereocenters. The molecule has 23 heavy (non-hydrogen) atoms. The van der Waals surface area contributed by atoms with E-state index >= 15 is 0 Å². The van der Waals surface area contributed by atoms with Gasteiger partial charge in [0.2, 0.25) is 10.0 Å². The molecular weight excluding hydrogens is 330 g/mol. The first-order chi connectivity index (χ1) is 10.9. The van der Waals surface area contributed by atoms with E-state index < -0.39 is 10.0 Å². The van der Waals surface area contributed by atoms with Crippen LogP contribution in [0, 0.1) is 6.92 Å². The highest BCUT2D eigenvalue weighted by Crippen LogP contribution is 2.34. The maximum absolute atomic E-state index is 12.9. The second-order valence-electron chi connectivity index (χ2n) is 5.80. The molecule has 0 saturated heterocycles. The van der Waals surface area contributed by atoms with Gasteiger partial charge in [0.25, 0.3) is 0 Å². The van der Waals surface area contributed by atoms with Gasteiger partial charge in [-0.3, -0.25) is 0 Å². The molecule has 0 aromatic heterocycles. The van der Waals surface area contributed by atoms with Crippen LogP contribution in [0.4, 0.5) is 0 Å². The maximum atomic E-state index is 12.9. The smallest absolute Gasteiger partial charge is 0.207 e. The fourth-order valence-electron chi connectivity index (χ4n) is 2.87. The van der Waals surface area contributed by atoms with Crippen LogP contribution in [0.3, 0.4) is 0 Å². The monoisotopic (exact) mass is 347 g/mol. The van der Waals surface area contributed by atoms with Crippen LogP contribution in [0.5, 0.6) is 0 Å². The lowest BCUT2D eigenvalue weighted by Crippen LogP contribution is -2.37. The minimum Gasteiger partial charge on any atom is -0.207 e.